The Hall–Kier alpha value is -1.82. The first kappa shape index (κ1) is 13.6. The molecule has 100 valence electrons. The molecule has 0 N–H and O–H groups in total. The fourth-order valence-corrected chi connectivity index (χ4v) is 2.56. The Balaban J connectivity index is 2.61. The van der Waals surface area contributed by atoms with Crippen LogP contribution in [0.3, 0.4) is 0 Å². The van der Waals surface area contributed by atoms with E-state index in [9.17, 15) is 18.0 Å². The van der Waals surface area contributed by atoms with Gasteiger partial charge in [-0.25, -0.2) is 4.79 Å². The van der Waals surface area contributed by atoms with Crippen LogP contribution in [0.4, 0.5) is 13.2 Å². The zero-order valence-electron chi connectivity index (χ0n) is 9.82. The number of thiophene rings is 1. The third-order valence-corrected chi connectivity index (χ3v) is 3.45. The van der Waals surface area contributed by atoms with Crippen LogP contribution in [-0.4, -0.2) is 13.1 Å². The number of carbonyl (C=O) groups excluding carboxylic acids is 1. The number of ether oxygens (including phenoxy) is 1. The van der Waals surface area contributed by atoms with Crippen molar-refractivity contribution in [3.63, 3.8) is 0 Å². The van der Waals surface area contributed by atoms with Crippen molar-refractivity contribution in [1.29, 1.82) is 0 Å². The Kier molecular flexibility index (Phi) is 3.61. The van der Waals surface area contributed by atoms with E-state index < -0.39 is 17.7 Å². The van der Waals surface area contributed by atoms with Crippen LogP contribution in [0.25, 0.3) is 11.1 Å². The molecular formula is C13H9F3O2S. The molecule has 0 atom stereocenters. The van der Waals surface area contributed by atoms with Crippen LogP contribution in [0.5, 0.6) is 0 Å². The molecule has 1 aromatic carbocycles. The predicted molar refractivity (Wildman–Crippen MR) is 66.1 cm³/mol. The van der Waals surface area contributed by atoms with Gasteiger partial charge in [-0.3, -0.25) is 0 Å². The van der Waals surface area contributed by atoms with Crippen LogP contribution in [0.1, 0.15) is 15.2 Å². The predicted octanol–water partition coefficient (Wildman–Crippen LogP) is 4.22. The topological polar surface area (TPSA) is 26.3 Å². The molecule has 1 heterocycles. The van der Waals surface area contributed by atoms with Gasteiger partial charge in [-0.2, -0.15) is 13.2 Å². The van der Waals surface area contributed by atoms with Crippen molar-refractivity contribution in [2.24, 2.45) is 0 Å². The highest BCUT2D eigenvalue weighted by molar-refractivity contribution is 7.12. The molecule has 1 aromatic heterocycles. The lowest BCUT2D eigenvalue weighted by molar-refractivity contribution is -0.137. The average molecular weight is 286 g/mol. The molecule has 0 saturated carbocycles. The second-order valence-electron chi connectivity index (χ2n) is 3.70. The molecule has 0 aliphatic rings. The highest BCUT2D eigenvalue weighted by Gasteiger charge is 2.34. The molecule has 0 saturated heterocycles. The van der Waals surface area contributed by atoms with E-state index in [0.29, 0.717) is 0 Å². The van der Waals surface area contributed by atoms with Crippen LogP contribution in [0.2, 0.25) is 0 Å². The zero-order chi connectivity index (χ0) is 14.0. The molecule has 0 radical (unpaired) electrons. The van der Waals surface area contributed by atoms with Crippen molar-refractivity contribution in [3.05, 3.63) is 46.2 Å². The van der Waals surface area contributed by atoms with Crippen molar-refractivity contribution < 1.29 is 22.7 Å². The third-order valence-electron chi connectivity index (χ3n) is 2.56. The largest absolute Gasteiger partial charge is 0.465 e. The minimum atomic E-state index is -4.47. The van der Waals surface area contributed by atoms with E-state index in [4.69, 9.17) is 0 Å². The highest BCUT2D eigenvalue weighted by Crippen LogP contribution is 2.39. The molecule has 0 aliphatic heterocycles. The van der Waals surface area contributed by atoms with Crippen molar-refractivity contribution in [3.8, 4) is 11.1 Å². The minimum absolute atomic E-state index is 0.0170. The summed E-state index contributed by atoms with van der Waals surface area (Å²) < 4.78 is 43.4. The summed E-state index contributed by atoms with van der Waals surface area (Å²) in [6.45, 7) is 0. The molecule has 6 heteroatoms. The Morgan fingerprint density at radius 3 is 2.47 bits per heavy atom. The first-order valence-corrected chi connectivity index (χ1v) is 6.15. The van der Waals surface area contributed by atoms with E-state index in [0.717, 1.165) is 17.4 Å². The number of esters is 1. The van der Waals surface area contributed by atoms with E-state index >= 15 is 0 Å². The SMILES string of the molecule is COC(=O)c1sccc1-c1ccccc1C(F)(F)F. The van der Waals surface area contributed by atoms with Gasteiger partial charge in [0, 0.05) is 5.56 Å². The molecule has 0 aliphatic carbocycles. The monoisotopic (exact) mass is 286 g/mol. The van der Waals surface area contributed by atoms with Crippen LogP contribution >= 0.6 is 11.3 Å². The fraction of sp³-hybridized carbons (Fsp3) is 0.154. The number of hydrogen-bond donors (Lipinski definition) is 0. The zero-order valence-corrected chi connectivity index (χ0v) is 10.6. The second kappa shape index (κ2) is 5.05. The number of alkyl halides is 3. The lowest BCUT2D eigenvalue weighted by Crippen LogP contribution is -2.08. The smallest absolute Gasteiger partial charge is 0.417 e. The lowest BCUT2D eigenvalue weighted by Gasteiger charge is -2.12. The van der Waals surface area contributed by atoms with E-state index in [1.807, 2.05) is 0 Å². The van der Waals surface area contributed by atoms with Gasteiger partial charge in [0.15, 0.2) is 0 Å². The molecule has 19 heavy (non-hydrogen) atoms. The maximum Gasteiger partial charge on any atom is 0.417 e. The molecule has 0 amide bonds. The van der Waals surface area contributed by atoms with Gasteiger partial charge in [0.25, 0.3) is 0 Å². The Bertz CT molecular complexity index is 602. The van der Waals surface area contributed by atoms with Gasteiger partial charge in [0.05, 0.1) is 12.7 Å². The van der Waals surface area contributed by atoms with Crippen molar-refractivity contribution in [1.82, 2.24) is 0 Å². The maximum absolute atomic E-state index is 12.9. The molecular weight excluding hydrogens is 277 g/mol. The number of benzene rings is 1. The Morgan fingerprint density at radius 1 is 1.16 bits per heavy atom. The van der Waals surface area contributed by atoms with Gasteiger partial charge in [0.2, 0.25) is 0 Å². The van der Waals surface area contributed by atoms with Crippen LogP contribution < -0.4 is 0 Å². The van der Waals surface area contributed by atoms with Crippen molar-refractivity contribution in [2.75, 3.05) is 7.11 Å². The number of hydrogen-bond acceptors (Lipinski definition) is 3. The lowest BCUT2D eigenvalue weighted by atomic mass is 10.00. The summed E-state index contributed by atoms with van der Waals surface area (Å²) in [4.78, 5) is 11.7. The summed E-state index contributed by atoms with van der Waals surface area (Å²) in [5.74, 6) is -0.637. The van der Waals surface area contributed by atoms with Crippen LogP contribution in [0.15, 0.2) is 35.7 Å². The first-order chi connectivity index (χ1) is 8.95. The molecule has 0 unspecified atom stereocenters. The summed E-state index contributed by atoms with van der Waals surface area (Å²) in [7, 11) is 1.20. The van der Waals surface area contributed by atoms with Crippen molar-refractivity contribution >= 4 is 17.3 Å². The highest BCUT2D eigenvalue weighted by atomic mass is 32.1. The van der Waals surface area contributed by atoms with Gasteiger partial charge < -0.3 is 4.74 Å². The fourth-order valence-electron chi connectivity index (χ4n) is 1.74. The normalized spacial score (nSPS) is 11.4. The van der Waals surface area contributed by atoms with E-state index in [1.54, 1.807) is 5.38 Å². The van der Waals surface area contributed by atoms with Gasteiger partial charge >= 0.3 is 12.1 Å². The minimum Gasteiger partial charge on any atom is -0.465 e. The number of halogens is 3. The van der Waals surface area contributed by atoms with Gasteiger partial charge in [-0.1, -0.05) is 18.2 Å². The van der Waals surface area contributed by atoms with Gasteiger partial charge in [-0.15, -0.1) is 11.3 Å². The Labute approximate surface area is 111 Å². The summed E-state index contributed by atoms with van der Waals surface area (Å²) in [5, 5.41) is 1.56. The number of carbonyl (C=O) groups is 1. The van der Waals surface area contributed by atoms with Crippen LogP contribution in [-0.2, 0) is 10.9 Å². The number of rotatable bonds is 2. The summed E-state index contributed by atoms with van der Waals surface area (Å²) in [5.41, 5.74) is -0.542. The van der Waals surface area contributed by atoms with E-state index in [1.165, 1.54) is 31.4 Å². The molecule has 2 aromatic rings. The summed E-state index contributed by atoms with van der Waals surface area (Å²) in [6, 6.07) is 6.65. The molecule has 0 bridgehead atoms. The molecule has 0 spiro atoms. The maximum atomic E-state index is 12.9. The Morgan fingerprint density at radius 2 is 1.84 bits per heavy atom. The quantitative estimate of drug-likeness (QED) is 0.773. The summed E-state index contributed by atoms with van der Waals surface area (Å²) >= 11 is 1.05. The van der Waals surface area contributed by atoms with E-state index in [2.05, 4.69) is 4.74 Å². The van der Waals surface area contributed by atoms with Crippen LogP contribution in [0, 0.1) is 0 Å². The molecule has 2 nitrogen and oxygen atoms in total. The first-order valence-electron chi connectivity index (χ1n) is 5.27. The van der Waals surface area contributed by atoms with Gasteiger partial charge in [0.1, 0.15) is 4.88 Å². The van der Waals surface area contributed by atoms with E-state index in [-0.39, 0.29) is 16.0 Å². The second-order valence-corrected chi connectivity index (χ2v) is 4.61. The number of methoxy groups -OCH3 is 1. The summed E-state index contributed by atoms with van der Waals surface area (Å²) in [6.07, 6.45) is -4.47. The van der Waals surface area contributed by atoms with Gasteiger partial charge in [-0.05, 0) is 23.1 Å². The standard InChI is InChI=1S/C13H9F3O2S/c1-18-12(17)11-9(6-7-19-11)8-4-2-3-5-10(8)13(14,15)16/h2-7H,1H3. The average Bonchev–Trinajstić information content (AvgIpc) is 2.86. The van der Waals surface area contributed by atoms with Crippen molar-refractivity contribution in [2.45, 2.75) is 6.18 Å². The third kappa shape index (κ3) is 2.63. The molecule has 2 rings (SSSR count). The molecule has 0 fully saturated rings.